The van der Waals surface area contributed by atoms with Crippen LogP contribution in [0.3, 0.4) is 0 Å². The fourth-order valence-corrected chi connectivity index (χ4v) is 4.37. The van der Waals surface area contributed by atoms with Crippen molar-refractivity contribution in [2.75, 3.05) is 5.73 Å². The van der Waals surface area contributed by atoms with Crippen molar-refractivity contribution in [1.82, 2.24) is 14.5 Å². The molecule has 0 aliphatic carbocycles. The molecule has 1 aliphatic heterocycles. The van der Waals surface area contributed by atoms with Gasteiger partial charge in [0.15, 0.2) is 5.65 Å². The molecule has 0 radical (unpaired) electrons. The number of nitrogens with two attached hydrogens (primary N) is 1. The van der Waals surface area contributed by atoms with E-state index < -0.39 is 23.9 Å². The molecule has 0 saturated carbocycles. The van der Waals surface area contributed by atoms with Gasteiger partial charge in [-0.3, -0.25) is 19.1 Å². The topological polar surface area (TPSA) is 129 Å². The van der Waals surface area contributed by atoms with Gasteiger partial charge in [0.25, 0.3) is 5.56 Å². The first-order valence-corrected chi connectivity index (χ1v) is 10.1. The molecule has 3 N–H and O–H groups in total. The van der Waals surface area contributed by atoms with Gasteiger partial charge in [-0.25, -0.2) is 4.79 Å². The van der Waals surface area contributed by atoms with Crippen LogP contribution in [-0.2, 0) is 9.47 Å². The Balaban J connectivity index is 1.55. The third-order valence-electron chi connectivity index (χ3n) is 4.89. The highest BCUT2D eigenvalue weighted by Gasteiger charge is 2.36. The van der Waals surface area contributed by atoms with E-state index in [1.165, 1.54) is 4.57 Å². The lowest BCUT2D eigenvalue weighted by Crippen LogP contribution is -2.31. The van der Waals surface area contributed by atoms with Crippen molar-refractivity contribution in [1.29, 1.82) is 0 Å². The maximum absolute atomic E-state index is 12.5. The number of aromatic amines is 1. The number of fused-ring (bicyclic) bond motifs is 1. The SMILES string of the molecule is CC[C@H](OC(=O)c1ccccc1)[C@@H]1CC[C@H](n2c(=O)sc3c(=O)[nH]c(N)nc32)O1. The molecular weight excluding hydrogens is 396 g/mol. The first-order chi connectivity index (χ1) is 14.0. The molecule has 0 amide bonds. The van der Waals surface area contributed by atoms with Crippen molar-refractivity contribution < 1.29 is 14.3 Å². The highest BCUT2D eigenvalue weighted by molar-refractivity contribution is 7.16. The van der Waals surface area contributed by atoms with Crippen LogP contribution in [0.1, 0.15) is 42.8 Å². The third kappa shape index (κ3) is 3.68. The molecule has 10 heteroatoms. The summed E-state index contributed by atoms with van der Waals surface area (Å²) in [7, 11) is 0. The number of benzene rings is 1. The van der Waals surface area contributed by atoms with Crippen LogP contribution in [0.4, 0.5) is 5.95 Å². The monoisotopic (exact) mass is 416 g/mol. The molecule has 0 unspecified atom stereocenters. The van der Waals surface area contributed by atoms with Crippen LogP contribution < -0.4 is 16.2 Å². The van der Waals surface area contributed by atoms with Crippen molar-refractivity contribution in [2.24, 2.45) is 0 Å². The largest absolute Gasteiger partial charge is 0.456 e. The van der Waals surface area contributed by atoms with Crippen molar-refractivity contribution in [3.63, 3.8) is 0 Å². The van der Waals surface area contributed by atoms with Crippen LogP contribution >= 0.6 is 11.3 Å². The summed E-state index contributed by atoms with van der Waals surface area (Å²) in [5, 5.41) is 0. The van der Waals surface area contributed by atoms with Crippen molar-refractivity contribution in [3.8, 4) is 0 Å². The number of nitrogen functional groups attached to an aromatic ring is 1. The lowest BCUT2D eigenvalue weighted by Gasteiger charge is -2.23. The van der Waals surface area contributed by atoms with Gasteiger partial charge < -0.3 is 15.2 Å². The van der Waals surface area contributed by atoms with Gasteiger partial charge in [-0.05, 0) is 31.4 Å². The van der Waals surface area contributed by atoms with E-state index >= 15 is 0 Å². The van der Waals surface area contributed by atoms with Crippen LogP contribution in [0, 0.1) is 0 Å². The van der Waals surface area contributed by atoms with Crippen LogP contribution in [0.15, 0.2) is 39.9 Å². The fourth-order valence-electron chi connectivity index (χ4n) is 3.51. The zero-order valence-electron chi connectivity index (χ0n) is 15.7. The van der Waals surface area contributed by atoms with E-state index in [1.807, 2.05) is 13.0 Å². The van der Waals surface area contributed by atoms with E-state index in [9.17, 15) is 14.4 Å². The average Bonchev–Trinajstić information content (AvgIpc) is 3.30. The van der Waals surface area contributed by atoms with E-state index in [2.05, 4.69) is 9.97 Å². The third-order valence-corrected chi connectivity index (χ3v) is 5.84. The molecular formula is C19H20N4O5S. The van der Waals surface area contributed by atoms with Gasteiger partial charge in [-0.15, -0.1) is 0 Å². The number of esters is 1. The molecule has 29 heavy (non-hydrogen) atoms. The minimum Gasteiger partial charge on any atom is -0.456 e. The molecule has 0 bridgehead atoms. The molecule has 1 aromatic carbocycles. The lowest BCUT2D eigenvalue weighted by atomic mass is 10.1. The smallest absolute Gasteiger partial charge is 0.338 e. The number of anilines is 1. The average molecular weight is 416 g/mol. The number of nitrogens with one attached hydrogen (secondary N) is 1. The van der Waals surface area contributed by atoms with Crippen molar-refractivity contribution in [3.05, 3.63) is 55.9 Å². The van der Waals surface area contributed by atoms with E-state index in [-0.39, 0.29) is 27.3 Å². The maximum atomic E-state index is 12.5. The summed E-state index contributed by atoms with van der Waals surface area (Å²) in [6.45, 7) is 1.91. The van der Waals surface area contributed by atoms with Crippen LogP contribution in [0.5, 0.6) is 0 Å². The molecule has 3 aromatic rings. The standard InChI is InChI=1S/C19H20N4O5S/c1-2-11(28-17(25)10-6-4-3-5-7-10)12-8-9-13(27-12)23-15-14(29-19(23)26)16(24)22-18(20)21-15/h3-7,11-13H,2,8-9H2,1H3,(H3,20,21,22,24)/t11-,12-,13+/m0/s1. The Kier molecular flexibility index (Phi) is 5.20. The fraction of sp³-hybridized carbons (Fsp3) is 0.368. The second-order valence-corrected chi connectivity index (χ2v) is 7.73. The van der Waals surface area contributed by atoms with E-state index in [0.29, 0.717) is 24.8 Å². The number of ether oxygens (including phenoxy) is 2. The number of carbonyl (C=O) groups excluding carboxylic acids is 1. The molecule has 152 valence electrons. The summed E-state index contributed by atoms with van der Waals surface area (Å²) in [4.78, 5) is 43.1. The molecule has 2 aromatic heterocycles. The van der Waals surface area contributed by atoms with Gasteiger partial charge >= 0.3 is 10.8 Å². The van der Waals surface area contributed by atoms with Crippen molar-refractivity contribution >= 4 is 33.6 Å². The summed E-state index contributed by atoms with van der Waals surface area (Å²) < 4.78 is 13.3. The molecule has 1 saturated heterocycles. The van der Waals surface area contributed by atoms with E-state index in [0.717, 1.165) is 11.3 Å². The number of hydrogen-bond donors (Lipinski definition) is 2. The van der Waals surface area contributed by atoms with Crippen LogP contribution in [0.2, 0.25) is 0 Å². The highest BCUT2D eigenvalue weighted by atomic mass is 32.1. The minimum atomic E-state index is -0.598. The van der Waals surface area contributed by atoms with Gasteiger partial charge in [0, 0.05) is 0 Å². The Morgan fingerprint density at radius 1 is 1.38 bits per heavy atom. The molecule has 0 spiro atoms. The Bertz CT molecular complexity index is 1150. The zero-order chi connectivity index (χ0) is 20.5. The molecule has 1 aliphatic rings. The minimum absolute atomic E-state index is 0.0631. The highest BCUT2D eigenvalue weighted by Crippen LogP contribution is 2.33. The van der Waals surface area contributed by atoms with Crippen LogP contribution in [-0.4, -0.2) is 32.7 Å². The molecule has 3 atom stereocenters. The number of rotatable bonds is 5. The Morgan fingerprint density at radius 2 is 2.14 bits per heavy atom. The number of aromatic nitrogens is 3. The number of nitrogens with zero attached hydrogens (tertiary/aromatic N) is 2. The van der Waals surface area contributed by atoms with Gasteiger partial charge in [-0.1, -0.05) is 36.5 Å². The van der Waals surface area contributed by atoms with Gasteiger partial charge in [0.1, 0.15) is 17.0 Å². The van der Waals surface area contributed by atoms with Crippen molar-refractivity contribution in [2.45, 2.75) is 44.6 Å². The normalized spacial score (nSPS) is 20.0. The summed E-state index contributed by atoms with van der Waals surface area (Å²) in [6.07, 6.45) is 0.297. The summed E-state index contributed by atoms with van der Waals surface area (Å²) >= 11 is 0.804. The zero-order valence-corrected chi connectivity index (χ0v) is 16.5. The second-order valence-electron chi connectivity index (χ2n) is 6.77. The maximum Gasteiger partial charge on any atom is 0.338 e. The number of carbonyl (C=O) groups is 1. The van der Waals surface area contributed by atoms with Gasteiger partial charge in [0.2, 0.25) is 5.95 Å². The first kappa shape index (κ1) is 19.3. The number of hydrogen-bond acceptors (Lipinski definition) is 8. The number of thiazole rings is 1. The van der Waals surface area contributed by atoms with E-state index in [4.69, 9.17) is 15.2 Å². The van der Waals surface area contributed by atoms with E-state index in [1.54, 1.807) is 24.3 Å². The van der Waals surface area contributed by atoms with Gasteiger partial charge in [0.05, 0.1) is 11.7 Å². The lowest BCUT2D eigenvalue weighted by molar-refractivity contribution is -0.0691. The molecule has 1 fully saturated rings. The predicted octanol–water partition coefficient (Wildman–Crippen LogP) is 2.04. The Labute approximate surface area is 169 Å². The Morgan fingerprint density at radius 3 is 2.86 bits per heavy atom. The number of H-pyrrole nitrogens is 1. The van der Waals surface area contributed by atoms with Crippen LogP contribution in [0.25, 0.3) is 10.3 Å². The van der Waals surface area contributed by atoms with Gasteiger partial charge in [-0.2, -0.15) is 4.98 Å². The predicted molar refractivity (Wildman–Crippen MR) is 108 cm³/mol. The molecule has 9 nitrogen and oxygen atoms in total. The summed E-state index contributed by atoms with van der Waals surface area (Å²) in [5.74, 6) is -0.476. The first-order valence-electron chi connectivity index (χ1n) is 9.30. The Hall–Kier alpha value is -2.98. The molecule has 4 rings (SSSR count). The summed E-state index contributed by atoms with van der Waals surface area (Å²) in [5.41, 5.74) is 5.86. The molecule has 3 heterocycles. The summed E-state index contributed by atoms with van der Waals surface area (Å²) in [6, 6.07) is 8.76. The quantitative estimate of drug-likeness (QED) is 0.609. The second kappa shape index (κ2) is 7.80.